The molecule has 3 nitrogen and oxygen atoms in total. The van der Waals surface area contributed by atoms with E-state index >= 15 is 0 Å². The van der Waals surface area contributed by atoms with Gasteiger partial charge in [0.25, 0.3) is 0 Å². The first kappa shape index (κ1) is 9.46. The van der Waals surface area contributed by atoms with Gasteiger partial charge in [-0.25, -0.2) is 0 Å². The van der Waals surface area contributed by atoms with Gasteiger partial charge in [0.1, 0.15) is 6.61 Å². The molecule has 0 rings (SSSR count). The molecule has 0 saturated heterocycles. The largest absolute Gasteiger partial charge is 0.499 e. The average Bonchev–Trinajstić information content (AvgIpc) is 1.97. The van der Waals surface area contributed by atoms with Crippen LogP contribution in [0.5, 0.6) is 0 Å². The molecule has 0 aromatic carbocycles. The monoisotopic (exact) mass is 145 g/mol. The summed E-state index contributed by atoms with van der Waals surface area (Å²) >= 11 is 0. The van der Waals surface area contributed by atoms with Gasteiger partial charge in [0.2, 0.25) is 0 Å². The summed E-state index contributed by atoms with van der Waals surface area (Å²) in [5.74, 6) is 0. The molecule has 0 heterocycles. The Bertz CT molecular complexity index is 83.7. The molecular weight excluding hydrogens is 130 g/mol. The molecule has 0 spiro atoms. The van der Waals surface area contributed by atoms with Crippen LogP contribution in [0.4, 0.5) is 0 Å². The zero-order chi connectivity index (χ0) is 7.66. The second kappa shape index (κ2) is 8.46. The second-order valence-corrected chi connectivity index (χ2v) is 1.74. The highest BCUT2D eigenvalue weighted by Gasteiger charge is 1.83. The van der Waals surface area contributed by atoms with Gasteiger partial charge in [-0.15, -0.1) is 0 Å². The van der Waals surface area contributed by atoms with Gasteiger partial charge in [-0.2, -0.15) is 0 Å². The maximum absolute atomic E-state index is 5.19. The molecule has 0 bridgehead atoms. The van der Waals surface area contributed by atoms with Gasteiger partial charge < -0.3 is 15.2 Å². The molecule has 0 unspecified atom stereocenters. The molecule has 0 aliphatic rings. The van der Waals surface area contributed by atoms with Gasteiger partial charge in [0, 0.05) is 6.54 Å². The van der Waals surface area contributed by atoms with Crippen LogP contribution < -0.4 is 5.73 Å². The third-order valence-electron chi connectivity index (χ3n) is 0.840. The van der Waals surface area contributed by atoms with Crippen LogP contribution in [0, 0.1) is 0 Å². The number of allylic oxidation sites excluding steroid dienone is 1. The van der Waals surface area contributed by atoms with Crippen LogP contribution in [0.15, 0.2) is 12.3 Å². The quantitative estimate of drug-likeness (QED) is 0.437. The first-order valence-corrected chi connectivity index (χ1v) is 3.42. The van der Waals surface area contributed by atoms with Crippen LogP contribution in [-0.4, -0.2) is 26.4 Å². The normalized spacial score (nSPS) is 10.6. The standard InChI is InChI=1S/C7H15NO2/c1-2-4-9-6-7-10-5-3-8/h2,4H,3,5-8H2,1H3. The van der Waals surface area contributed by atoms with Crippen molar-refractivity contribution in [2.45, 2.75) is 6.92 Å². The van der Waals surface area contributed by atoms with Crippen molar-refractivity contribution in [1.29, 1.82) is 0 Å². The van der Waals surface area contributed by atoms with E-state index in [0.717, 1.165) is 0 Å². The predicted molar refractivity (Wildman–Crippen MR) is 40.6 cm³/mol. The Morgan fingerprint density at radius 2 is 2.10 bits per heavy atom. The predicted octanol–water partition coefficient (Wildman–Crippen LogP) is 0.512. The van der Waals surface area contributed by atoms with Crippen LogP contribution in [0.2, 0.25) is 0 Å². The van der Waals surface area contributed by atoms with E-state index in [-0.39, 0.29) is 0 Å². The van der Waals surface area contributed by atoms with Crippen LogP contribution in [0.25, 0.3) is 0 Å². The molecule has 3 heteroatoms. The molecule has 0 fully saturated rings. The molecule has 0 aliphatic carbocycles. The fraction of sp³-hybridized carbons (Fsp3) is 0.714. The first-order chi connectivity index (χ1) is 4.91. The van der Waals surface area contributed by atoms with Crippen LogP contribution >= 0.6 is 0 Å². The van der Waals surface area contributed by atoms with Gasteiger partial charge in [-0.05, 0) is 6.92 Å². The molecule has 0 aromatic rings. The summed E-state index contributed by atoms with van der Waals surface area (Å²) in [4.78, 5) is 0. The Hall–Kier alpha value is -0.540. The van der Waals surface area contributed by atoms with E-state index in [1.165, 1.54) is 0 Å². The van der Waals surface area contributed by atoms with E-state index in [4.69, 9.17) is 15.2 Å². The van der Waals surface area contributed by atoms with Crippen molar-refractivity contribution in [1.82, 2.24) is 0 Å². The van der Waals surface area contributed by atoms with Gasteiger partial charge in [-0.1, -0.05) is 6.08 Å². The number of hydrogen-bond acceptors (Lipinski definition) is 3. The summed E-state index contributed by atoms with van der Waals surface area (Å²) in [7, 11) is 0. The van der Waals surface area contributed by atoms with E-state index in [0.29, 0.717) is 26.4 Å². The van der Waals surface area contributed by atoms with Crippen LogP contribution in [0.1, 0.15) is 6.92 Å². The van der Waals surface area contributed by atoms with E-state index < -0.39 is 0 Å². The molecule has 0 aromatic heterocycles. The third-order valence-corrected chi connectivity index (χ3v) is 0.840. The minimum absolute atomic E-state index is 0.573. The van der Waals surface area contributed by atoms with Crippen molar-refractivity contribution >= 4 is 0 Å². The lowest BCUT2D eigenvalue weighted by Gasteiger charge is -2.00. The van der Waals surface area contributed by atoms with E-state index in [9.17, 15) is 0 Å². The lowest BCUT2D eigenvalue weighted by molar-refractivity contribution is 0.0896. The van der Waals surface area contributed by atoms with E-state index in [1.54, 1.807) is 6.26 Å². The number of nitrogens with two attached hydrogens (primary N) is 1. The lowest BCUT2D eigenvalue weighted by atomic mass is 10.7. The maximum atomic E-state index is 5.19. The number of rotatable bonds is 6. The summed E-state index contributed by atoms with van der Waals surface area (Å²) in [6, 6.07) is 0. The third kappa shape index (κ3) is 7.46. The Morgan fingerprint density at radius 3 is 2.70 bits per heavy atom. The lowest BCUT2D eigenvalue weighted by Crippen LogP contribution is -2.11. The number of hydrogen-bond donors (Lipinski definition) is 1. The SMILES string of the molecule is CC=COCCOCCN. The highest BCUT2D eigenvalue weighted by Crippen LogP contribution is 1.78. The Labute approximate surface area is 61.8 Å². The first-order valence-electron chi connectivity index (χ1n) is 3.42. The van der Waals surface area contributed by atoms with Gasteiger partial charge >= 0.3 is 0 Å². The Morgan fingerprint density at radius 1 is 1.30 bits per heavy atom. The van der Waals surface area contributed by atoms with E-state index in [2.05, 4.69) is 0 Å². The van der Waals surface area contributed by atoms with Gasteiger partial charge in [0.05, 0.1) is 19.5 Å². The fourth-order valence-corrected chi connectivity index (χ4v) is 0.457. The zero-order valence-corrected chi connectivity index (χ0v) is 6.38. The molecule has 0 saturated carbocycles. The zero-order valence-electron chi connectivity index (χ0n) is 6.38. The van der Waals surface area contributed by atoms with Crippen molar-refractivity contribution in [3.8, 4) is 0 Å². The van der Waals surface area contributed by atoms with E-state index in [1.807, 2.05) is 13.0 Å². The maximum Gasteiger partial charge on any atom is 0.111 e. The minimum Gasteiger partial charge on any atom is -0.499 e. The molecule has 10 heavy (non-hydrogen) atoms. The molecule has 60 valence electrons. The Balaban J connectivity index is 2.77. The summed E-state index contributed by atoms with van der Waals surface area (Å²) in [6.45, 7) is 4.30. The molecule has 0 atom stereocenters. The minimum atomic E-state index is 0.573. The van der Waals surface area contributed by atoms with Gasteiger partial charge in [0.15, 0.2) is 0 Å². The van der Waals surface area contributed by atoms with Crippen molar-refractivity contribution in [2.24, 2.45) is 5.73 Å². The molecule has 0 radical (unpaired) electrons. The molecule has 0 aliphatic heterocycles. The van der Waals surface area contributed by atoms with Crippen molar-refractivity contribution in [3.63, 3.8) is 0 Å². The Kier molecular flexibility index (Phi) is 8.00. The van der Waals surface area contributed by atoms with Crippen molar-refractivity contribution in [3.05, 3.63) is 12.3 Å². The molecule has 2 N–H and O–H groups in total. The van der Waals surface area contributed by atoms with Gasteiger partial charge in [-0.3, -0.25) is 0 Å². The number of ether oxygens (including phenoxy) is 2. The van der Waals surface area contributed by atoms with Crippen molar-refractivity contribution in [2.75, 3.05) is 26.4 Å². The summed E-state index contributed by atoms with van der Waals surface area (Å²) in [6.07, 6.45) is 3.48. The van der Waals surface area contributed by atoms with Crippen LogP contribution in [0.3, 0.4) is 0 Å². The molecule has 0 amide bonds. The highest BCUT2D eigenvalue weighted by atomic mass is 16.5. The average molecular weight is 145 g/mol. The highest BCUT2D eigenvalue weighted by molar-refractivity contribution is 4.64. The molecular formula is C7H15NO2. The smallest absolute Gasteiger partial charge is 0.111 e. The second-order valence-electron chi connectivity index (χ2n) is 1.74. The van der Waals surface area contributed by atoms with Crippen LogP contribution in [-0.2, 0) is 9.47 Å². The fourth-order valence-electron chi connectivity index (χ4n) is 0.457. The summed E-state index contributed by atoms with van der Waals surface area (Å²) in [5, 5.41) is 0. The summed E-state index contributed by atoms with van der Waals surface area (Å²) < 4.78 is 10.0. The topological polar surface area (TPSA) is 44.5 Å². The van der Waals surface area contributed by atoms with Crippen molar-refractivity contribution < 1.29 is 9.47 Å². The summed E-state index contributed by atoms with van der Waals surface area (Å²) in [5.41, 5.74) is 5.19.